The summed E-state index contributed by atoms with van der Waals surface area (Å²) in [7, 11) is -0.118. The first kappa shape index (κ1) is 29.4. The number of carbonyl (C=O) groups excluding carboxylic acids is 1. The van der Waals surface area contributed by atoms with Crippen LogP contribution in [0.25, 0.3) is 0 Å². The molecule has 1 fully saturated rings. The number of allylic oxidation sites excluding steroid dienone is 2. The van der Waals surface area contributed by atoms with Gasteiger partial charge in [0.25, 0.3) is 0 Å². The second-order valence-corrected chi connectivity index (χ2v) is 8.28. The van der Waals surface area contributed by atoms with Crippen molar-refractivity contribution in [2.75, 3.05) is 0 Å². The second kappa shape index (κ2) is 12.7. The smallest absolute Gasteiger partial charge is 0.508 e. The molecule has 0 N–H and O–H groups in total. The third-order valence-corrected chi connectivity index (χ3v) is 4.63. The van der Waals surface area contributed by atoms with E-state index in [9.17, 15) is 4.79 Å². The molecule has 1 heterocycles. The number of amides is 1. The number of hydrogen-bond donors (Lipinski definition) is 0. The number of carbonyl (C=O) groups is 1. The third-order valence-electron chi connectivity index (χ3n) is 4.63. The molecule has 1 rings (SSSR count). The maximum Gasteiger partial charge on any atom is 1.00 e. The van der Waals surface area contributed by atoms with Gasteiger partial charge in [-0.2, -0.15) is 6.08 Å². The molecule has 0 atom stereocenters. The summed E-state index contributed by atoms with van der Waals surface area (Å²) >= 11 is 0. The number of rotatable bonds is 6. The molecule has 1 amide bonds. The molecule has 0 unspecified atom stereocenters. The summed E-state index contributed by atoms with van der Waals surface area (Å²) in [4.78, 5) is 13.5. The monoisotopic (exact) mass is 387 g/mol. The summed E-state index contributed by atoms with van der Waals surface area (Å²) in [6.45, 7) is 23.4. The summed E-state index contributed by atoms with van der Waals surface area (Å²) in [5, 5.41) is 0. The normalized spacial score (nSPS) is 17.1. The number of ether oxygens (including phenoxy) is 1. The molecular weight excluding hydrogens is 348 g/mol. The Morgan fingerprint density at radius 1 is 1.14 bits per heavy atom. The molecule has 0 aromatic heterocycles. The second-order valence-electron chi connectivity index (χ2n) is 8.28. The molecule has 28 heavy (non-hydrogen) atoms. The van der Waals surface area contributed by atoms with E-state index < -0.39 is 0 Å². The van der Waals surface area contributed by atoms with Gasteiger partial charge in [-0.15, -0.1) is 13.5 Å². The van der Waals surface area contributed by atoms with E-state index in [0.717, 1.165) is 6.32 Å². The topological polar surface area (TPSA) is 48.0 Å². The van der Waals surface area contributed by atoms with Gasteiger partial charge in [0.1, 0.15) is 0 Å². The largest absolute Gasteiger partial charge is 1.00 e. The molecule has 0 aromatic rings. The van der Waals surface area contributed by atoms with E-state index in [1.807, 2.05) is 46.8 Å². The molecular formula is C21H39BLiNO4. The van der Waals surface area contributed by atoms with Crippen LogP contribution in [0.15, 0.2) is 24.8 Å². The molecule has 156 valence electrons. The maximum absolute atomic E-state index is 11.8. The quantitative estimate of drug-likeness (QED) is 0.400. The Balaban J connectivity index is 0. The SMILES string of the molecule is C/C=C/[C-](C)OC(=O)N(C(C)C)C(C)C.C=CCB1OC(C)(C)C(C)(C)O1.[Li+]. The van der Waals surface area contributed by atoms with Crippen LogP contribution in [0.2, 0.25) is 6.32 Å². The van der Waals surface area contributed by atoms with E-state index in [0.29, 0.717) is 6.10 Å². The van der Waals surface area contributed by atoms with Crippen molar-refractivity contribution in [2.45, 2.75) is 98.8 Å². The summed E-state index contributed by atoms with van der Waals surface area (Å²) in [6.07, 6.45) is 6.54. The molecule has 0 bridgehead atoms. The summed E-state index contributed by atoms with van der Waals surface area (Å²) in [5.74, 6) is 0. The van der Waals surface area contributed by atoms with Crippen LogP contribution < -0.4 is 18.9 Å². The fourth-order valence-electron chi connectivity index (χ4n) is 2.67. The maximum atomic E-state index is 11.8. The van der Waals surface area contributed by atoms with E-state index in [2.05, 4.69) is 34.3 Å². The van der Waals surface area contributed by atoms with E-state index >= 15 is 0 Å². The van der Waals surface area contributed by atoms with Crippen LogP contribution in [-0.4, -0.2) is 41.4 Å². The molecule has 5 nitrogen and oxygen atoms in total. The first-order chi connectivity index (χ1) is 12.3. The van der Waals surface area contributed by atoms with Gasteiger partial charge in [-0.05, 0) is 61.5 Å². The first-order valence-electron chi connectivity index (χ1n) is 9.72. The minimum Gasteiger partial charge on any atom is -0.508 e. The summed E-state index contributed by atoms with van der Waals surface area (Å²) < 4.78 is 16.6. The zero-order valence-corrected chi connectivity index (χ0v) is 20.0. The van der Waals surface area contributed by atoms with Gasteiger partial charge in [0.15, 0.2) is 0 Å². The van der Waals surface area contributed by atoms with Crippen LogP contribution in [-0.2, 0) is 14.0 Å². The van der Waals surface area contributed by atoms with Gasteiger partial charge in [0.2, 0.25) is 0 Å². The first-order valence-corrected chi connectivity index (χ1v) is 9.72. The van der Waals surface area contributed by atoms with Crippen molar-refractivity contribution in [1.82, 2.24) is 4.90 Å². The minimum absolute atomic E-state index is 0. The Kier molecular flexibility index (Phi) is 13.3. The standard InChI is InChI=1S/C12H22NO2.C9H17BO2.Li/c1-7-8-11(6)15-12(14)13(9(2)3)10(4)5;1-6-7-10-11-8(2,3)9(4,5)12-10;/h7-10H,1-6H3;6H,1,7H2,2-5H3;/q-1;;+1/b8-7+;;. The van der Waals surface area contributed by atoms with Crippen molar-refractivity contribution in [3.05, 3.63) is 30.9 Å². The Hall–Kier alpha value is -0.798. The van der Waals surface area contributed by atoms with Gasteiger partial charge in [-0.1, -0.05) is 13.0 Å². The zero-order chi connectivity index (χ0) is 21.4. The minimum atomic E-state index is -0.282. The van der Waals surface area contributed by atoms with Crippen LogP contribution in [0.1, 0.15) is 69.2 Å². The molecule has 0 radical (unpaired) electrons. The van der Waals surface area contributed by atoms with E-state index in [1.54, 1.807) is 17.9 Å². The number of hydrogen-bond acceptors (Lipinski definition) is 4. The van der Waals surface area contributed by atoms with Crippen LogP contribution in [0.3, 0.4) is 0 Å². The van der Waals surface area contributed by atoms with Crippen molar-refractivity contribution in [3.8, 4) is 0 Å². The van der Waals surface area contributed by atoms with E-state index in [-0.39, 0.29) is 55.4 Å². The molecule has 0 saturated carbocycles. The van der Waals surface area contributed by atoms with Gasteiger partial charge < -0.3 is 18.9 Å². The van der Waals surface area contributed by atoms with Crippen molar-refractivity contribution in [2.24, 2.45) is 0 Å². The van der Waals surface area contributed by atoms with Gasteiger partial charge >= 0.3 is 32.1 Å². The molecule has 1 aliphatic heterocycles. The van der Waals surface area contributed by atoms with Crippen LogP contribution in [0, 0.1) is 6.10 Å². The molecule has 0 aliphatic carbocycles. The van der Waals surface area contributed by atoms with Crippen molar-refractivity contribution in [3.63, 3.8) is 0 Å². The molecule has 0 spiro atoms. The van der Waals surface area contributed by atoms with Crippen molar-refractivity contribution in [1.29, 1.82) is 0 Å². The van der Waals surface area contributed by atoms with E-state index in [4.69, 9.17) is 14.0 Å². The Bertz CT molecular complexity index is 483. The molecule has 1 saturated heterocycles. The molecule has 1 aliphatic rings. The average molecular weight is 387 g/mol. The van der Waals surface area contributed by atoms with Gasteiger partial charge in [-0.3, -0.25) is 0 Å². The van der Waals surface area contributed by atoms with Crippen LogP contribution in [0.4, 0.5) is 4.79 Å². The van der Waals surface area contributed by atoms with Gasteiger partial charge in [-0.25, -0.2) is 10.9 Å². The van der Waals surface area contributed by atoms with Crippen LogP contribution >= 0.6 is 0 Å². The fraction of sp³-hybridized carbons (Fsp3) is 0.714. The number of nitrogens with zero attached hydrogens (tertiary/aromatic N) is 1. The summed E-state index contributed by atoms with van der Waals surface area (Å²) in [6, 6.07) is 0.298. The fourth-order valence-corrected chi connectivity index (χ4v) is 2.67. The average Bonchev–Trinajstić information content (AvgIpc) is 2.66. The summed E-state index contributed by atoms with van der Waals surface area (Å²) in [5.41, 5.74) is -0.415. The molecule has 0 aromatic carbocycles. The predicted molar refractivity (Wildman–Crippen MR) is 113 cm³/mol. The third kappa shape index (κ3) is 9.13. The van der Waals surface area contributed by atoms with Gasteiger partial charge in [0.05, 0.1) is 11.2 Å². The van der Waals surface area contributed by atoms with E-state index in [1.165, 1.54) is 0 Å². The van der Waals surface area contributed by atoms with Crippen LogP contribution in [0.5, 0.6) is 0 Å². The predicted octanol–water partition coefficient (Wildman–Crippen LogP) is 2.64. The Morgan fingerprint density at radius 2 is 1.57 bits per heavy atom. The Labute approximate surface area is 185 Å². The van der Waals surface area contributed by atoms with Crippen molar-refractivity contribution < 1.29 is 37.7 Å². The van der Waals surface area contributed by atoms with Gasteiger partial charge in [0, 0.05) is 18.4 Å². The zero-order valence-electron chi connectivity index (χ0n) is 20.0. The van der Waals surface area contributed by atoms with Crippen molar-refractivity contribution >= 4 is 13.2 Å². The Morgan fingerprint density at radius 3 is 1.89 bits per heavy atom. The molecule has 7 heteroatoms.